The molecule has 42 heavy (non-hydrogen) atoms. The van der Waals surface area contributed by atoms with Crippen LogP contribution in [0.25, 0.3) is 0 Å². The number of aliphatic hydroxyl groups excluding tert-OH is 1. The molecule has 0 saturated carbocycles. The number of aryl methyl sites for hydroxylation is 1. The second-order valence-electron chi connectivity index (χ2n) is 11.5. The molecule has 3 fully saturated rings. The molecule has 222 valence electrons. The van der Waals surface area contributed by atoms with Gasteiger partial charge in [-0.05, 0) is 49.9 Å². The van der Waals surface area contributed by atoms with E-state index in [1.165, 1.54) is 0 Å². The van der Waals surface area contributed by atoms with Crippen molar-refractivity contribution in [3.05, 3.63) is 84.4 Å². The number of carbonyl (C=O) groups is 3. The summed E-state index contributed by atoms with van der Waals surface area (Å²) in [6, 6.07) is 13.4. The average Bonchev–Trinajstić information content (AvgIpc) is 3.58. The highest BCUT2D eigenvalue weighted by Gasteiger charge is 2.77. The monoisotopic (exact) mass is 607 g/mol. The first-order valence-electron chi connectivity index (χ1n) is 14.4. The zero-order valence-corrected chi connectivity index (χ0v) is 25.9. The van der Waals surface area contributed by atoms with E-state index in [-0.39, 0.29) is 42.0 Å². The van der Waals surface area contributed by atoms with E-state index in [4.69, 9.17) is 11.6 Å². The SMILES string of the molecule is C=CCN(C(=O)[C@@H]1[C@H]2C(=O)N([C@H](C)CO)C(C(=O)N(CC=C)c3c(C)cccc3Cl)C23S[C@@H]1CC3C)c1ccccc1. The molecule has 3 amide bonds. The first kappa shape index (κ1) is 30.4. The van der Waals surface area contributed by atoms with Crippen LogP contribution < -0.4 is 9.80 Å². The smallest absolute Gasteiger partial charge is 0.251 e. The van der Waals surface area contributed by atoms with Crippen LogP contribution >= 0.6 is 23.4 Å². The molecule has 3 heterocycles. The van der Waals surface area contributed by atoms with Gasteiger partial charge in [0, 0.05) is 24.0 Å². The lowest BCUT2D eigenvalue weighted by molar-refractivity contribution is -0.141. The summed E-state index contributed by atoms with van der Waals surface area (Å²) in [5.74, 6) is -2.00. The normalized spacial score (nSPS) is 28.4. The fourth-order valence-corrected chi connectivity index (χ4v) is 10.1. The molecule has 7 nitrogen and oxygen atoms in total. The van der Waals surface area contributed by atoms with Crippen molar-refractivity contribution in [3.63, 3.8) is 0 Å². The molecule has 2 aromatic carbocycles. The maximum absolute atomic E-state index is 14.8. The number of aliphatic hydroxyl groups is 1. The molecule has 3 aliphatic rings. The third-order valence-electron chi connectivity index (χ3n) is 9.12. The van der Waals surface area contributed by atoms with Crippen LogP contribution in [-0.4, -0.2) is 69.5 Å². The Morgan fingerprint density at radius 1 is 1.12 bits per heavy atom. The summed E-state index contributed by atoms with van der Waals surface area (Å²) < 4.78 is -0.840. The zero-order valence-electron chi connectivity index (χ0n) is 24.3. The summed E-state index contributed by atoms with van der Waals surface area (Å²) >= 11 is 8.27. The topological polar surface area (TPSA) is 81.2 Å². The van der Waals surface area contributed by atoms with Crippen molar-refractivity contribution in [3.8, 4) is 0 Å². The number of para-hydroxylation sites is 2. The molecule has 3 saturated heterocycles. The average molecular weight is 608 g/mol. The second-order valence-corrected chi connectivity index (χ2v) is 13.5. The van der Waals surface area contributed by atoms with Crippen molar-refractivity contribution in [2.75, 3.05) is 29.5 Å². The molecule has 0 aliphatic carbocycles. The maximum Gasteiger partial charge on any atom is 0.251 e. The third-order valence-corrected chi connectivity index (χ3v) is 11.5. The number of thioether (sulfide) groups is 1. The van der Waals surface area contributed by atoms with Crippen LogP contribution in [0.1, 0.15) is 25.8 Å². The molecule has 5 rings (SSSR count). The van der Waals surface area contributed by atoms with Crippen LogP contribution in [0.3, 0.4) is 0 Å². The Kier molecular flexibility index (Phi) is 8.61. The van der Waals surface area contributed by atoms with E-state index >= 15 is 0 Å². The largest absolute Gasteiger partial charge is 0.394 e. The first-order valence-corrected chi connectivity index (χ1v) is 15.6. The Labute approximate surface area is 257 Å². The van der Waals surface area contributed by atoms with Gasteiger partial charge in [-0.3, -0.25) is 14.4 Å². The predicted octanol–water partition coefficient (Wildman–Crippen LogP) is 5.10. The summed E-state index contributed by atoms with van der Waals surface area (Å²) in [5, 5.41) is 10.6. The Balaban J connectivity index is 1.63. The van der Waals surface area contributed by atoms with Crippen molar-refractivity contribution in [2.45, 2.75) is 49.3 Å². The highest BCUT2D eigenvalue weighted by Crippen LogP contribution is 2.69. The molecule has 3 aliphatic heterocycles. The molecule has 3 unspecified atom stereocenters. The van der Waals surface area contributed by atoms with Crippen molar-refractivity contribution in [2.24, 2.45) is 17.8 Å². The van der Waals surface area contributed by atoms with Gasteiger partial charge in [0.05, 0.1) is 39.9 Å². The van der Waals surface area contributed by atoms with Gasteiger partial charge in [0.25, 0.3) is 5.91 Å². The maximum atomic E-state index is 14.8. The molecular weight excluding hydrogens is 570 g/mol. The number of fused-ring (bicyclic) bond motifs is 1. The fourth-order valence-electron chi connectivity index (χ4n) is 7.36. The van der Waals surface area contributed by atoms with Crippen molar-refractivity contribution < 1.29 is 19.5 Å². The van der Waals surface area contributed by atoms with E-state index in [2.05, 4.69) is 20.1 Å². The van der Waals surface area contributed by atoms with E-state index in [9.17, 15) is 19.5 Å². The van der Waals surface area contributed by atoms with Crippen LogP contribution in [-0.2, 0) is 14.4 Å². The molecule has 9 heteroatoms. The summed E-state index contributed by atoms with van der Waals surface area (Å²) in [4.78, 5) is 48.6. The lowest BCUT2D eigenvalue weighted by Crippen LogP contribution is -2.59. The molecule has 0 aromatic heterocycles. The van der Waals surface area contributed by atoms with Gasteiger partial charge in [0.15, 0.2) is 0 Å². The zero-order chi connectivity index (χ0) is 30.3. The van der Waals surface area contributed by atoms with E-state index in [0.717, 1.165) is 11.3 Å². The van der Waals surface area contributed by atoms with E-state index in [1.54, 1.807) is 51.6 Å². The standard InChI is InChI=1S/C33H38ClN3O4S/c1-6-16-35(23-13-9-8-10-14-23)30(39)26-25-18-21(4)33(42-25)27(26)31(40)37(22(5)19-38)29(33)32(41)36(17-7-2)28-20(3)12-11-15-24(28)34/h6-15,21-22,25-27,29,38H,1-2,16-19H2,3-5H3/t21?,22-,25-,26+,27+,29?,33?/m1/s1. The Morgan fingerprint density at radius 2 is 1.79 bits per heavy atom. The van der Waals surface area contributed by atoms with E-state index < -0.39 is 28.7 Å². The Hall–Kier alpha value is -3.07. The van der Waals surface area contributed by atoms with Gasteiger partial charge in [-0.2, -0.15) is 0 Å². The highest BCUT2D eigenvalue weighted by atomic mass is 35.5. The molecule has 1 spiro atoms. The summed E-state index contributed by atoms with van der Waals surface area (Å²) in [5.41, 5.74) is 2.14. The number of hydrogen-bond acceptors (Lipinski definition) is 5. The molecule has 7 atom stereocenters. The molecule has 2 aromatic rings. The molecule has 0 radical (unpaired) electrons. The predicted molar refractivity (Wildman–Crippen MR) is 170 cm³/mol. The minimum absolute atomic E-state index is 0.0159. The number of benzene rings is 2. The second kappa shape index (κ2) is 11.9. The highest BCUT2D eigenvalue weighted by molar-refractivity contribution is 8.02. The van der Waals surface area contributed by atoms with Crippen molar-refractivity contribution in [1.29, 1.82) is 0 Å². The van der Waals surface area contributed by atoms with Crippen molar-refractivity contribution in [1.82, 2.24) is 4.90 Å². The number of halogens is 1. The first-order chi connectivity index (χ1) is 20.1. The van der Waals surface area contributed by atoms with Gasteiger partial charge in [-0.1, -0.05) is 61.0 Å². The van der Waals surface area contributed by atoms with Crippen molar-refractivity contribution >= 4 is 52.5 Å². The van der Waals surface area contributed by atoms with Gasteiger partial charge < -0.3 is 19.8 Å². The van der Waals surface area contributed by atoms with Gasteiger partial charge in [-0.25, -0.2) is 0 Å². The quantitative estimate of drug-likeness (QED) is 0.380. The minimum Gasteiger partial charge on any atom is -0.394 e. The number of nitrogens with zero attached hydrogens (tertiary/aromatic N) is 3. The van der Waals surface area contributed by atoms with Crippen LogP contribution in [0.15, 0.2) is 73.8 Å². The van der Waals surface area contributed by atoms with Crippen LogP contribution in [0.4, 0.5) is 11.4 Å². The summed E-state index contributed by atoms with van der Waals surface area (Å²) in [6.07, 6.45) is 4.04. The number of likely N-dealkylation sites (tertiary alicyclic amines) is 1. The van der Waals surface area contributed by atoms with Gasteiger partial charge in [0.1, 0.15) is 6.04 Å². The number of rotatable bonds is 10. The lowest BCUT2D eigenvalue weighted by atomic mass is 9.65. The summed E-state index contributed by atoms with van der Waals surface area (Å²) in [6.45, 7) is 13.7. The van der Waals surface area contributed by atoms with Gasteiger partial charge in [0.2, 0.25) is 11.8 Å². The van der Waals surface area contributed by atoms with Crippen LogP contribution in [0.5, 0.6) is 0 Å². The summed E-state index contributed by atoms with van der Waals surface area (Å²) in [7, 11) is 0. The third kappa shape index (κ3) is 4.59. The van der Waals surface area contributed by atoms with Gasteiger partial charge in [-0.15, -0.1) is 24.9 Å². The minimum atomic E-state index is -0.889. The van der Waals surface area contributed by atoms with Crippen LogP contribution in [0.2, 0.25) is 5.02 Å². The van der Waals surface area contributed by atoms with E-state index in [1.807, 2.05) is 49.4 Å². The molecule has 1 N–H and O–H groups in total. The molecule has 2 bridgehead atoms. The fraction of sp³-hybridized carbons (Fsp3) is 0.424. The molecular formula is C33H38ClN3O4S. The number of amides is 3. The van der Waals surface area contributed by atoms with Gasteiger partial charge >= 0.3 is 0 Å². The lowest BCUT2D eigenvalue weighted by Gasteiger charge is -2.42. The Morgan fingerprint density at radius 3 is 2.40 bits per heavy atom. The Bertz CT molecular complexity index is 1380. The number of anilines is 2. The van der Waals surface area contributed by atoms with Crippen LogP contribution in [0, 0.1) is 24.7 Å². The van der Waals surface area contributed by atoms with E-state index in [0.29, 0.717) is 23.7 Å². The number of hydrogen-bond donors (Lipinski definition) is 1. The number of carbonyl (C=O) groups excluding carboxylic acids is 3.